The molecule has 1 saturated heterocycles. The van der Waals surface area contributed by atoms with Crippen molar-refractivity contribution in [3.63, 3.8) is 0 Å². The predicted molar refractivity (Wildman–Crippen MR) is 105 cm³/mol. The molecule has 9 nitrogen and oxygen atoms in total. The zero-order valence-electron chi connectivity index (χ0n) is 16.3. The summed E-state index contributed by atoms with van der Waals surface area (Å²) < 4.78 is 39.3. The second kappa shape index (κ2) is 8.46. The molecule has 0 bridgehead atoms. The van der Waals surface area contributed by atoms with Gasteiger partial charge in [0.1, 0.15) is 11.6 Å². The van der Waals surface area contributed by atoms with E-state index in [0.717, 1.165) is 10.6 Å². The number of piperidine rings is 1. The highest BCUT2D eigenvalue weighted by Crippen LogP contribution is 2.22. The van der Waals surface area contributed by atoms with E-state index in [9.17, 15) is 22.4 Å². The molecule has 1 fully saturated rings. The quantitative estimate of drug-likeness (QED) is 0.720. The van der Waals surface area contributed by atoms with Gasteiger partial charge in [0, 0.05) is 26.6 Å². The van der Waals surface area contributed by atoms with Crippen LogP contribution in [0.5, 0.6) is 0 Å². The van der Waals surface area contributed by atoms with Crippen molar-refractivity contribution < 1.29 is 17.6 Å². The fourth-order valence-corrected chi connectivity index (χ4v) is 3.75. The molecular formula is C18H24FN5O4S. The van der Waals surface area contributed by atoms with Gasteiger partial charge in [-0.15, -0.1) is 0 Å². The van der Waals surface area contributed by atoms with Crippen LogP contribution in [-0.2, 0) is 21.2 Å². The van der Waals surface area contributed by atoms with Crippen molar-refractivity contribution in [1.82, 2.24) is 24.0 Å². The molecule has 1 aliphatic heterocycles. The van der Waals surface area contributed by atoms with Crippen molar-refractivity contribution >= 4 is 15.9 Å². The third-order valence-electron chi connectivity index (χ3n) is 5.20. The highest BCUT2D eigenvalue weighted by molar-refractivity contribution is 7.88. The Balaban J connectivity index is 1.63. The summed E-state index contributed by atoms with van der Waals surface area (Å²) >= 11 is 0. The summed E-state index contributed by atoms with van der Waals surface area (Å²) in [4.78, 5) is 26.1. The number of carbonyl (C=O) groups is 1. The second-order valence-electron chi connectivity index (χ2n) is 7.28. The third kappa shape index (κ3) is 4.91. The van der Waals surface area contributed by atoms with Crippen molar-refractivity contribution in [2.45, 2.75) is 19.3 Å². The van der Waals surface area contributed by atoms with Crippen molar-refractivity contribution in [2.24, 2.45) is 5.92 Å². The molecule has 158 valence electrons. The number of nitrogens with zero attached hydrogens (tertiary/aromatic N) is 4. The zero-order valence-corrected chi connectivity index (χ0v) is 17.2. The number of rotatable bonds is 6. The number of nitrogens with one attached hydrogen (secondary N) is 1. The summed E-state index contributed by atoms with van der Waals surface area (Å²) in [6.45, 7) is 0.806. The Kier molecular flexibility index (Phi) is 6.18. The molecule has 0 radical (unpaired) electrons. The number of likely N-dealkylation sites (tertiary alicyclic amines) is 1. The highest BCUT2D eigenvalue weighted by Gasteiger charge is 2.27. The lowest BCUT2D eigenvalue weighted by Crippen LogP contribution is -2.44. The van der Waals surface area contributed by atoms with E-state index in [1.807, 2.05) is 0 Å². The van der Waals surface area contributed by atoms with Crippen LogP contribution in [0.1, 0.15) is 18.7 Å². The monoisotopic (exact) mass is 425 g/mol. The van der Waals surface area contributed by atoms with Crippen LogP contribution < -0.4 is 5.69 Å². The van der Waals surface area contributed by atoms with Gasteiger partial charge in [-0.2, -0.15) is 9.40 Å². The molecule has 1 aliphatic rings. The largest absolute Gasteiger partial charge is 0.348 e. The Morgan fingerprint density at radius 2 is 1.97 bits per heavy atom. The van der Waals surface area contributed by atoms with Gasteiger partial charge in [0.05, 0.1) is 18.5 Å². The van der Waals surface area contributed by atoms with Crippen LogP contribution in [0.4, 0.5) is 4.39 Å². The number of carbonyl (C=O) groups excluding carboxylic acids is 1. The van der Waals surface area contributed by atoms with E-state index in [-0.39, 0.29) is 24.1 Å². The van der Waals surface area contributed by atoms with Gasteiger partial charge in [-0.25, -0.2) is 27.3 Å². The Hall–Kier alpha value is -2.53. The number of benzene rings is 1. The smallest absolute Gasteiger partial charge is 0.342 e. The Bertz CT molecular complexity index is 1040. The number of sulfonamides is 1. The molecule has 0 saturated carbocycles. The summed E-state index contributed by atoms with van der Waals surface area (Å²) in [7, 11) is -2.03. The average Bonchev–Trinajstić information content (AvgIpc) is 3.02. The van der Waals surface area contributed by atoms with Gasteiger partial charge in [0.15, 0.2) is 0 Å². The first-order chi connectivity index (χ1) is 13.7. The van der Waals surface area contributed by atoms with Crippen molar-refractivity contribution in [1.29, 1.82) is 0 Å². The number of aromatic nitrogens is 3. The van der Waals surface area contributed by atoms with Gasteiger partial charge in [0.2, 0.25) is 15.9 Å². The SMILES string of the molecule is CN(CC(=O)N1CCC(Cc2n[nH]c(=O)n2-c2ccccc2F)CC1)S(C)(=O)=O. The molecule has 0 atom stereocenters. The maximum atomic E-state index is 14.1. The summed E-state index contributed by atoms with van der Waals surface area (Å²) in [6, 6.07) is 6.02. The van der Waals surface area contributed by atoms with E-state index < -0.39 is 21.5 Å². The lowest BCUT2D eigenvalue weighted by molar-refractivity contribution is -0.132. The van der Waals surface area contributed by atoms with Crippen LogP contribution in [-0.4, -0.2) is 71.2 Å². The first kappa shape index (κ1) is 21.2. The normalized spacial score (nSPS) is 15.8. The van der Waals surface area contributed by atoms with E-state index in [1.165, 1.54) is 23.7 Å². The van der Waals surface area contributed by atoms with Crippen molar-refractivity contribution in [2.75, 3.05) is 32.9 Å². The van der Waals surface area contributed by atoms with E-state index in [4.69, 9.17) is 0 Å². The van der Waals surface area contributed by atoms with Crippen molar-refractivity contribution in [3.8, 4) is 5.69 Å². The van der Waals surface area contributed by atoms with Crippen molar-refractivity contribution in [3.05, 3.63) is 46.4 Å². The first-order valence-corrected chi connectivity index (χ1v) is 11.1. The third-order valence-corrected chi connectivity index (χ3v) is 6.46. The molecule has 1 aromatic heterocycles. The minimum Gasteiger partial charge on any atom is -0.342 e. The summed E-state index contributed by atoms with van der Waals surface area (Å²) in [5.74, 6) is -0.124. The highest BCUT2D eigenvalue weighted by atomic mass is 32.2. The molecule has 1 aromatic carbocycles. The van der Waals surface area contributed by atoms with Gasteiger partial charge in [0.25, 0.3) is 0 Å². The number of halogens is 1. The Morgan fingerprint density at radius 1 is 1.31 bits per heavy atom. The van der Waals surface area contributed by atoms with E-state index >= 15 is 0 Å². The van der Waals surface area contributed by atoms with E-state index in [2.05, 4.69) is 10.2 Å². The molecular weight excluding hydrogens is 401 g/mol. The minimum absolute atomic E-state index is 0.151. The van der Waals surface area contributed by atoms with Crippen LogP contribution in [0.15, 0.2) is 29.1 Å². The number of hydrogen-bond acceptors (Lipinski definition) is 5. The van der Waals surface area contributed by atoms with E-state index in [1.54, 1.807) is 17.0 Å². The molecule has 0 aliphatic carbocycles. The average molecular weight is 425 g/mol. The topological polar surface area (TPSA) is 108 Å². The standard InChI is InChI=1S/C18H24FN5O4S/c1-22(29(2,27)28)12-17(25)23-9-7-13(8-10-23)11-16-20-21-18(26)24(16)15-6-4-3-5-14(15)19/h3-6,13H,7-12H2,1-2H3,(H,21,26). The molecule has 1 N–H and O–H groups in total. The number of para-hydroxylation sites is 1. The second-order valence-corrected chi connectivity index (χ2v) is 9.37. The Morgan fingerprint density at radius 3 is 2.59 bits per heavy atom. The molecule has 0 unspecified atom stereocenters. The van der Waals surface area contributed by atoms with Crippen LogP contribution in [0, 0.1) is 11.7 Å². The molecule has 1 amide bonds. The predicted octanol–water partition coefficient (Wildman–Crippen LogP) is 0.372. The number of amides is 1. The molecule has 2 heterocycles. The molecule has 29 heavy (non-hydrogen) atoms. The number of aromatic amines is 1. The summed E-state index contributed by atoms with van der Waals surface area (Å²) in [6.07, 6.45) is 2.91. The summed E-state index contributed by atoms with van der Waals surface area (Å²) in [5, 5.41) is 6.43. The Labute approximate surface area is 168 Å². The molecule has 11 heteroatoms. The van der Waals surface area contributed by atoms with Crippen LogP contribution in [0.2, 0.25) is 0 Å². The zero-order chi connectivity index (χ0) is 21.2. The lowest BCUT2D eigenvalue weighted by atomic mass is 9.93. The molecule has 0 spiro atoms. The fourth-order valence-electron chi connectivity index (χ4n) is 3.40. The maximum absolute atomic E-state index is 14.1. The van der Waals surface area contributed by atoms with Gasteiger partial charge < -0.3 is 4.90 Å². The van der Waals surface area contributed by atoms with Gasteiger partial charge in [-0.05, 0) is 30.9 Å². The number of hydrogen-bond donors (Lipinski definition) is 1. The van der Waals surface area contributed by atoms with Crippen LogP contribution in [0.25, 0.3) is 5.69 Å². The van der Waals surface area contributed by atoms with Crippen LogP contribution >= 0.6 is 0 Å². The minimum atomic E-state index is -3.41. The summed E-state index contributed by atoms with van der Waals surface area (Å²) in [5.41, 5.74) is -0.348. The first-order valence-electron chi connectivity index (χ1n) is 9.27. The van der Waals surface area contributed by atoms with Gasteiger partial charge in [-0.1, -0.05) is 12.1 Å². The van der Waals surface area contributed by atoms with Crippen LogP contribution in [0.3, 0.4) is 0 Å². The lowest BCUT2D eigenvalue weighted by Gasteiger charge is -2.32. The molecule has 2 aromatic rings. The number of likely N-dealkylation sites (N-methyl/N-ethyl adjacent to an activating group) is 1. The van der Waals surface area contributed by atoms with Gasteiger partial charge in [-0.3, -0.25) is 4.79 Å². The molecule has 3 rings (SSSR count). The number of H-pyrrole nitrogens is 1. The van der Waals surface area contributed by atoms with Gasteiger partial charge >= 0.3 is 5.69 Å². The fraction of sp³-hybridized carbons (Fsp3) is 0.500. The maximum Gasteiger partial charge on any atom is 0.348 e. The van der Waals surface area contributed by atoms with E-state index in [0.29, 0.717) is 38.2 Å².